The van der Waals surface area contributed by atoms with Gasteiger partial charge in [0, 0.05) is 12.7 Å². The van der Waals surface area contributed by atoms with Crippen molar-refractivity contribution in [3.05, 3.63) is 23.8 Å². The van der Waals surface area contributed by atoms with E-state index in [1.54, 1.807) is 0 Å². The van der Waals surface area contributed by atoms with Crippen LogP contribution < -0.4 is 10.1 Å². The summed E-state index contributed by atoms with van der Waals surface area (Å²) in [4.78, 5) is 0. The van der Waals surface area contributed by atoms with Gasteiger partial charge in [-0.3, -0.25) is 0 Å². The summed E-state index contributed by atoms with van der Waals surface area (Å²) in [5.74, 6) is 1.06. The molecule has 0 unspecified atom stereocenters. The average molecular weight is 191 g/mol. The van der Waals surface area contributed by atoms with Gasteiger partial charge in [-0.05, 0) is 43.0 Å². The number of anilines is 1. The Hall–Kier alpha value is -1.18. The molecule has 1 N–H and O–H groups in total. The van der Waals surface area contributed by atoms with Gasteiger partial charge in [-0.15, -0.1) is 0 Å². The van der Waals surface area contributed by atoms with Crippen LogP contribution in [0.3, 0.4) is 0 Å². The molecule has 2 nitrogen and oxygen atoms in total. The second-order valence-electron chi connectivity index (χ2n) is 3.74. The third kappa shape index (κ3) is 2.00. The van der Waals surface area contributed by atoms with Crippen molar-refractivity contribution in [2.45, 2.75) is 32.3 Å². The molecular formula is C12H17NO. The lowest BCUT2D eigenvalue weighted by Gasteiger charge is -2.11. The van der Waals surface area contributed by atoms with Crippen molar-refractivity contribution in [3.8, 4) is 5.75 Å². The Bertz CT molecular complexity index is 318. The first-order chi connectivity index (χ1) is 6.83. The van der Waals surface area contributed by atoms with E-state index < -0.39 is 0 Å². The van der Waals surface area contributed by atoms with Crippen LogP contribution in [0.15, 0.2) is 18.2 Å². The molecule has 0 spiro atoms. The number of nitrogens with one attached hydrogen (secondary N) is 1. The van der Waals surface area contributed by atoms with Crippen LogP contribution in [0.5, 0.6) is 5.75 Å². The molecule has 1 aliphatic rings. The zero-order valence-electron chi connectivity index (χ0n) is 8.84. The molecule has 1 saturated carbocycles. The van der Waals surface area contributed by atoms with Crippen molar-refractivity contribution in [1.82, 2.24) is 0 Å². The quantitative estimate of drug-likeness (QED) is 0.790. The lowest BCUT2D eigenvalue weighted by Crippen LogP contribution is -2.00. The summed E-state index contributed by atoms with van der Waals surface area (Å²) in [5, 5.41) is 3.14. The minimum absolute atomic E-state index is 0.487. The number of hydrogen-bond donors (Lipinski definition) is 1. The minimum atomic E-state index is 0.487. The summed E-state index contributed by atoms with van der Waals surface area (Å²) in [6, 6.07) is 6.30. The van der Waals surface area contributed by atoms with Gasteiger partial charge in [0.1, 0.15) is 5.75 Å². The lowest BCUT2D eigenvalue weighted by molar-refractivity contribution is 0.300. The van der Waals surface area contributed by atoms with Crippen molar-refractivity contribution in [1.29, 1.82) is 0 Å². The maximum atomic E-state index is 5.82. The molecule has 0 aliphatic heterocycles. The van der Waals surface area contributed by atoms with E-state index in [-0.39, 0.29) is 0 Å². The molecule has 0 heterocycles. The summed E-state index contributed by atoms with van der Waals surface area (Å²) in [6.07, 6.45) is 3.95. The van der Waals surface area contributed by atoms with E-state index >= 15 is 0 Å². The molecule has 0 atom stereocenters. The van der Waals surface area contributed by atoms with Crippen LogP contribution >= 0.6 is 0 Å². The summed E-state index contributed by atoms with van der Waals surface area (Å²) in [7, 11) is 1.94. The normalized spacial score (nSPS) is 15.3. The van der Waals surface area contributed by atoms with Crippen LogP contribution in [0.25, 0.3) is 0 Å². The SMILES string of the molecule is CCc1cc(NC)ccc1OC1CC1. The van der Waals surface area contributed by atoms with Gasteiger partial charge in [0.25, 0.3) is 0 Å². The number of benzene rings is 1. The summed E-state index contributed by atoms with van der Waals surface area (Å²) < 4.78 is 5.82. The molecule has 14 heavy (non-hydrogen) atoms. The first-order valence-electron chi connectivity index (χ1n) is 5.31. The molecule has 1 fully saturated rings. The van der Waals surface area contributed by atoms with Crippen LogP contribution in [0, 0.1) is 0 Å². The third-order valence-corrected chi connectivity index (χ3v) is 2.55. The first-order valence-corrected chi connectivity index (χ1v) is 5.31. The lowest BCUT2D eigenvalue weighted by atomic mass is 10.1. The minimum Gasteiger partial charge on any atom is -0.490 e. The van der Waals surface area contributed by atoms with E-state index in [0.29, 0.717) is 6.10 Å². The molecule has 0 bridgehead atoms. The molecule has 2 heteroatoms. The van der Waals surface area contributed by atoms with Gasteiger partial charge in [0.2, 0.25) is 0 Å². The van der Waals surface area contributed by atoms with Crippen molar-refractivity contribution in [2.75, 3.05) is 12.4 Å². The van der Waals surface area contributed by atoms with Gasteiger partial charge >= 0.3 is 0 Å². The monoisotopic (exact) mass is 191 g/mol. The summed E-state index contributed by atoms with van der Waals surface area (Å²) in [6.45, 7) is 2.16. The zero-order chi connectivity index (χ0) is 9.97. The highest BCUT2D eigenvalue weighted by Crippen LogP contribution is 2.30. The second-order valence-corrected chi connectivity index (χ2v) is 3.74. The molecule has 76 valence electrons. The molecule has 0 saturated heterocycles. The molecule has 0 amide bonds. The highest BCUT2D eigenvalue weighted by molar-refractivity contribution is 5.50. The Labute approximate surface area is 85.3 Å². The fourth-order valence-corrected chi connectivity index (χ4v) is 1.49. The molecule has 1 aromatic carbocycles. The van der Waals surface area contributed by atoms with Gasteiger partial charge in [-0.2, -0.15) is 0 Å². The second kappa shape index (κ2) is 3.91. The highest BCUT2D eigenvalue weighted by Gasteiger charge is 2.24. The van der Waals surface area contributed by atoms with Gasteiger partial charge in [-0.1, -0.05) is 6.92 Å². The van der Waals surface area contributed by atoms with E-state index in [9.17, 15) is 0 Å². The first kappa shape index (κ1) is 9.38. The van der Waals surface area contributed by atoms with E-state index in [0.717, 1.165) is 17.9 Å². The highest BCUT2D eigenvalue weighted by atomic mass is 16.5. The molecule has 1 aliphatic carbocycles. The van der Waals surface area contributed by atoms with E-state index in [1.165, 1.54) is 18.4 Å². The zero-order valence-corrected chi connectivity index (χ0v) is 8.84. The van der Waals surface area contributed by atoms with Crippen LogP contribution in [-0.2, 0) is 6.42 Å². The van der Waals surface area contributed by atoms with Crippen LogP contribution in [-0.4, -0.2) is 13.2 Å². The maximum Gasteiger partial charge on any atom is 0.123 e. The predicted octanol–water partition coefficient (Wildman–Crippen LogP) is 2.83. The van der Waals surface area contributed by atoms with Crippen LogP contribution in [0.4, 0.5) is 5.69 Å². The van der Waals surface area contributed by atoms with Crippen molar-refractivity contribution in [3.63, 3.8) is 0 Å². The summed E-state index contributed by atoms with van der Waals surface area (Å²) in [5.41, 5.74) is 2.45. The van der Waals surface area contributed by atoms with Gasteiger partial charge in [0.15, 0.2) is 0 Å². The van der Waals surface area contributed by atoms with Crippen molar-refractivity contribution in [2.24, 2.45) is 0 Å². The predicted molar refractivity (Wildman–Crippen MR) is 59.0 cm³/mol. The molecule has 1 aromatic rings. The fourth-order valence-electron chi connectivity index (χ4n) is 1.49. The molecule has 0 radical (unpaired) electrons. The number of rotatable bonds is 4. The smallest absolute Gasteiger partial charge is 0.123 e. The Morgan fingerprint density at radius 3 is 2.79 bits per heavy atom. The Kier molecular flexibility index (Phi) is 2.62. The number of aryl methyl sites for hydroxylation is 1. The van der Waals surface area contributed by atoms with Crippen molar-refractivity contribution >= 4 is 5.69 Å². The average Bonchev–Trinajstić information content (AvgIpc) is 3.02. The van der Waals surface area contributed by atoms with E-state index in [4.69, 9.17) is 4.74 Å². The largest absolute Gasteiger partial charge is 0.490 e. The van der Waals surface area contributed by atoms with Gasteiger partial charge in [-0.25, -0.2) is 0 Å². The number of ether oxygens (including phenoxy) is 1. The number of hydrogen-bond acceptors (Lipinski definition) is 2. The van der Waals surface area contributed by atoms with Crippen LogP contribution in [0.1, 0.15) is 25.3 Å². The molecule has 2 rings (SSSR count). The standard InChI is InChI=1S/C12H17NO/c1-3-9-8-10(13-2)4-7-12(9)14-11-5-6-11/h4,7-8,11,13H,3,5-6H2,1-2H3. The summed E-state index contributed by atoms with van der Waals surface area (Å²) >= 11 is 0. The fraction of sp³-hybridized carbons (Fsp3) is 0.500. The third-order valence-electron chi connectivity index (χ3n) is 2.55. The Morgan fingerprint density at radius 1 is 1.43 bits per heavy atom. The van der Waals surface area contributed by atoms with Crippen LogP contribution in [0.2, 0.25) is 0 Å². The topological polar surface area (TPSA) is 21.3 Å². The maximum absolute atomic E-state index is 5.82. The van der Waals surface area contributed by atoms with E-state index in [1.807, 2.05) is 7.05 Å². The molecular weight excluding hydrogens is 174 g/mol. The molecule has 0 aromatic heterocycles. The Balaban J connectivity index is 2.19. The van der Waals surface area contributed by atoms with Crippen molar-refractivity contribution < 1.29 is 4.74 Å². The van der Waals surface area contributed by atoms with Gasteiger partial charge < -0.3 is 10.1 Å². The Morgan fingerprint density at radius 2 is 2.21 bits per heavy atom. The van der Waals surface area contributed by atoms with E-state index in [2.05, 4.69) is 30.4 Å². The van der Waals surface area contributed by atoms with Gasteiger partial charge in [0.05, 0.1) is 6.10 Å².